The summed E-state index contributed by atoms with van der Waals surface area (Å²) in [5, 5.41) is 0. The largest absolute Gasteiger partial charge is 0.445 e. The normalized spacial score (nSPS) is 25.8. The summed E-state index contributed by atoms with van der Waals surface area (Å²) < 4.78 is 10.7. The molecule has 1 amide bonds. The zero-order valence-electron chi connectivity index (χ0n) is 12.0. The highest BCUT2D eigenvalue weighted by Crippen LogP contribution is 2.30. The van der Waals surface area contributed by atoms with Crippen molar-refractivity contribution in [3.8, 4) is 0 Å². The number of hydrogen-bond acceptors (Lipinski definition) is 4. The van der Waals surface area contributed by atoms with E-state index in [2.05, 4.69) is 0 Å². The molecule has 0 aromatic heterocycles. The van der Waals surface area contributed by atoms with Gasteiger partial charge in [0.1, 0.15) is 6.61 Å². The van der Waals surface area contributed by atoms with Gasteiger partial charge in [0.2, 0.25) is 0 Å². The number of carbonyl (C=O) groups excluding carboxylic acids is 1. The van der Waals surface area contributed by atoms with Crippen molar-refractivity contribution in [2.24, 2.45) is 5.73 Å². The second kappa shape index (κ2) is 6.24. The van der Waals surface area contributed by atoms with Crippen molar-refractivity contribution in [3.63, 3.8) is 0 Å². The van der Waals surface area contributed by atoms with E-state index in [4.69, 9.17) is 15.2 Å². The molecule has 2 rings (SSSR count). The number of nitrogens with zero attached hydrogens (tertiary/aromatic N) is 1. The minimum absolute atomic E-state index is 0.0211. The fourth-order valence-electron chi connectivity index (χ4n) is 2.53. The molecule has 1 saturated heterocycles. The molecule has 2 atom stereocenters. The van der Waals surface area contributed by atoms with E-state index in [0.29, 0.717) is 13.1 Å². The molecule has 1 aromatic carbocycles. The first-order chi connectivity index (χ1) is 9.59. The Labute approximate surface area is 119 Å². The zero-order valence-corrected chi connectivity index (χ0v) is 12.0. The van der Waals surface area contributed by atoms with Gasteiger partial charge in [-0.05, 0) is 18.9 Å². The van der Waals surface area contributed by atoms with Crippen molar-refractivity contribution in [2.75, 3.05) is 20.2 Å². The zero-order chi connectivity index (χ0) is 14.6. The Kier molecular flexibility index (Phi) is 4.62. The van der Waals surface area contributed by atoms with E-state index in [1.807, 2.05) is 37.3 Å². The van der Waals surface area contributed by atoms with Crippen LogP contribution in [0.3, 0.4) is 0 Å². The summed E-state index contributed by atoms with van der Waals surface area (Å²) in [6, 6.07) is 9.63. The van der Waals surface area contributed by atoms with Gasteiger partial charge in [-0.2, -0.15) is 0 Å². The third-order valence-corrected chi connectivity index (χ3v) is 3.90. The number of likely N-dealkylation sites (tertiary alicyclic amines) is 1. The molecular weight excluding hydrogens is 256 g/mol. The molecule has 5 heteroatoms. The lowest BCUT2D eigenvalue weighted by Gasteiger charge is -2.32. The molecule has 2 unspecified atom stereocenters. The molecule has 0 saturated carbocycles. The van der Waals surface area contributed by atoms with Crippen molar-refractivity contribution in [3.05, 3.63) is 35.9 Å². The second-order valence-electron chi connectivity index (χ2n) is 5.41. The molecule has 1 aliphatic heterocycles. The maximum absolute atomic E-state index is 12.2. The number of ether oxygens (including phenoxy) is 2. The average Bonchev–Trinajstić information content (AvgIpc) is 2.84. The van der Waals surface area contributed by atoms with E-state index in [-0.39, 0.29) is 18.8 Å². The molecule has 1 aliphatic rings. The highest BCUT2D eigenvalue weighted by molar-refractivity contribution is 5.69. The summed E-state index contributed by atoms with van der Waals surface area (Å²) in [5.41, 5.74) is 6.39. The van der Waals surface area contributed by atoms with Gasteiger partial charge in [-0.3, -0.25) is 4.90 Å². The number of carbonyl (C=O) groups is 1. The standard InChI is InChI=1S/C15H22N2O3/c1-15(11-16)8-13(19-2)9-17(15)14(18)20-10-12-6-4-3-5-7-12/h3-7,13H,8-11,16H2,1-2H3. The minimum atomic E-state index is -0.394. The van der Waals surface area contributed by atoms with Gasteiger partial charge in [0.15, 0.2) is 0 Å². The van der Waals surface area contributed by atoms with Crippen LogP contribution in [0, 0.1) is 0 Å². The number of nitrogens with two attached hydrogens (primary N) is 1. The topological polar surface area (TPSA) is 64.8 Å². The molecule has 0 spiro atoms. The average molecular weight is 278 g/mol. The number of hydrogen-bond donors (Lipinski definition) is 1. The smallest absolute Gasteiger partial charge is 0.410 e. The molecular formula is C15H22N2O3. The monoisotopic (exact) mass is 278 g/mol. The van der Waals surface area contributed by atoms with E-state index in [9.17, 15) is 4.79 Å². The lowest BCUT2D eigenvalue weighted by atomic mass is 9.99. The fourth-order valence-corrected chi connectivity index (χ4v) is 2.53. The molecule has 110 valence electrons. The van der Waals surface area contributed by atoms with Crippen molar-refractivity contribution >= 4 is 6.09 Å². The molecule has 0 aliphatic carbocycles. The number of benzene rings is 1. The molecule has 1 fully saturated rings. The summed E-state index contributed by atoms with van der Waals surface area (Å²) in [6.45, 7) is 3.16. The van der Waals surface area contributed by atoms with Gasteiger partial charge < -0.3 is 15.2 Å². The quantitative estimate of drug-likeness (QED) is 0.911. The first kappa shape index (κ1) is 14.8. The van der Waals surface area contributed by atoms with Crippen LogP contribution >= 0.6 is 0 Å². The number of methoxy groups -OCH3 is 1. The van der Waals surface area contributed by atoms with Crippen molar-refractivity contribution in [1.29, 1.82) is 0 Å². The predicted octanol–water partition coefficient (Wildman–Crippen LogP) is 1.76. The first-order valence-corrected chi connectivity index (χ1v) is 6.80. The van der Waals surface area contributed by atoms with Crippen LogP contribution in [-0.2, 0) is 16.1 Å². The summed E-state index contributed by atoms with van der Waals surface area (Å²) in [7, 11) is 1.65. The third kappa shape index (κ3) is 3.11. The van der Waals surface area contributed by atoms with Gasteiger partial charge in [0, 0.05) is 13.7 Å². The lowest BCUT2D eigenvalue weighted by Crippen LogP contribution is -2.50. The van der Waals surface area contributed by atoms with Crippen LogP contribution in [0.5, 0.6) is 0 Å². The van der Waals surface area contributed by atoms with Crippen LogP contribution in [0.25, 0.3) is 0 Å². The summed E-state index contributed by atoms with van der Waals surface area (Å²) in [5.74, 6) is 0. The maximum Gasteiger partial charge on any atom is 0.410 e. The van der Waals surface area contributed by atoms with Gasteiger partial charge in [0.25, 0.3) is 0 Å². The van der Waals surface area contributed by atoms with Gasteiger partial charge in [-0.1, -0.05) is 30.3 Å². The van der Waals surface area contributed by atoms with Gasteiger partial charge in [-0.15, -0.1) is 0 Å². The molecule has 2 N–H and O–H groups in total. The molecule has 1 heterocycles. The molecule has 0 radical (unpaired) electrons. The van der Waals surface area contributed by atoms with Gasteiger partial charge >= 0.3 is 6.09 Å². The Morgan fingerprint density at radius 3 is 2.75 bits per heavy atom. The summed E-state index contributed by atoms with van der Waals surface area (Å²) in [4.78, 5) is 13.9. The summed E-state index contributed by atoms with van der Waals surface area (Å²) in [6.07, 6.45) is 0.426. The van der Waals surface area contributed by atoms with E-state index < -0.39 is 5.54 Å². The van der Waals surface area contributed by atoms with Gasteiger partial charge in [0.05, 0.1) is 18.2 Å². The molecule has 0 bridgehead atoms. The predicted molar refractivity (Wildman–Crippen MR) is 76.2 cm³/mol. The molecule has 20 heavy (non-hydrogen) atoms. The van der Waals surface area contributed by atoms with Crippen LogP contribution in [0.1, 0.15) is 18.9 Å². The number of amides is 1. The SMILES string of the molecule is COC1CN(C(=O)OCc2ccccc2)C(C)(CN)C1. The van der Waals surface area contributed by atoms with Crippen molar-refractivity contribution in [1.82, 2.24) is 4.90 Å². The van der Waals surface area contributed by atoms with Gasteiger partial charge in [-0.25, -0.2) is 4.79 Å². The Hall–Kier alpha value is -1.59. The minimum Gasteiger partial charge on any atom is -0.445 e. The lowest BCUT2D eigenvalue weighted by molar-refractivity contribution is 0.0683. The first-order valence-electron chi connectivity index (χ1n) is 6.80. The van der Waals surface area contributed by atoms with E-state index >= 15 is 0 Å². The van der Waals surface area contributed by atoms with Crippen LogP contribution in [-0.4, -0.2) is 42.8 Å². The van der Waals surface area contributed by atoms with E-state index in [1.165, 1.54) is 0 Å². The van der Waals surface area contributed by atoms with Crippen molar-refractivity contribution in [2.45, 2.75) is 31.6 Å². The Bertz CT molecular complexity index is 452. The van der Waals surface area contributed by atoms with Crippen LogP contribution in [0.2, 0.25) is 0 Å². The second-order valence-corrected chi connectivity index (χ2v) is 5.41. The Morgan fingerprint density at radius 1 is 1.45 bits per heavy atom. The molecule has 5 nitrogen and oxygen atoms in total. The Morgan fingerprint density at radius 2 is 2.15 bits per heavy atom. The maximum atomic E-state index is 12.2. The highest BCUT2D eigenvalue weighted by atomic mass is 16.6. The van der Waals surface area contributed by atoms with Crippen LogP contribution in [0.4, 0.5) is 4.79 Å². The highest BCUT2D eigenvalue weighted by Gasteiger charge is 2.44. The van der Waals surface area contributed by atoms with Crippen LogP contribution in [0.15, 0.2) is 30.3 Å². The van der Waals surface area contributed by atoms with E-state index in [0.717, 1.165) is 12.0 Å². The van der Waals surface area contributed by atoms with E-state index in [1.54, 1.807) is 12.0 Å². The third-order valence-electron chi connectivity index (χ3n) is 3.90. The van der Waals surface area contributed by atoms with Crippen molar-refractivity contribution < 1.29 is 14.3 Å². The number of rotatable bonds is 4. The Balaban J connectivity index is 1.97. The van der Waals surface area contributed by atoms with Crippen LogP contribution < -0.4 is 5.73 Å². The fraction of sp³-hybridized carbons (Fsp3) is 0.533. The molecule has 1 aromatic rings. The summed E-state index contributed by atoms with van der Waals surface area (Å²) >= 11 is 0.